The lowest BCUT2D eigenvalue weighted by atomic mass is 10.3. The van der Waals surface area contributed by atoms with Crippen LogP contribution in [0.2, 0.25) is 0 Å². The molecule has 0 N–H and O–H groups in total. The second kappa shape index (κ2) is 2.46. The summed E-state index contributed by atoms with van der Waals surface area (Å²) in [4.78, 5) is 4.21. The molecular weight excluding hydrogens is 142 g/mol. The first kappa shape index (κ1) is 5.98. The van der Waals surface area contributed by atoms with Crippen molar-refractivity contribution < 1.29 is 0 Å². The molecule has 1 unspecified atom stereocenters. The summed E-state index contributed by atoms with van der Waals surface area (Å²) >= 11 is 1.75. The van der Waals surface area contributed by atoms with Crippen LogP contribution in [-0.4, -0.2) is 10.8 Å². The van der Waals surface area contributed by atoms with Crippen LogP contribution >= 0.6 is 11.8 Å². The van der Waals surface area contributed by atoms with Gasteiger partial charge in [-0.15, -0.1) is 11.8 Å². The molecule has 2 aliphatic rings. The fourth-order valence-electron chi connectivity index (χ4n) is 0.965. The molecule has 0 saturated carbocycles. The van der Waals surface area contributed by atoms with Crippen LogP contribution in [0, 0.1) is 0 Å². The molecule has 0 aromatic rings. The van der Waals surface area contributed by atoms with E-state index in [1.54, 1.807) is 11.8 Å². The van der Waals surface area contributed by atoms with Gasteiger partial charge in [0, 0.05) is 0 Å². The molecule has 0 radical (unpaired) electrons. The summed E-state index contributed by atoms with van der Waals surface area (Å²) in [5.41, 5.74) is 3.06. The smallest absolute Gasteiger partial charge is 0.0709 e. The highest BCUT2D eigenvalue weighted by Gasteiger charge is 2.14. The highest BCUT2D eigenvalue weighted by atomic mass is 32.2. The predicted molar refractivity (Wildman–Crippen MR) is 46.2 cm³/mol. The minimum Gasteiger partial charge on any atom is -0.253 e. The maximum absolute atomic E-state index is 4.21. The third-order valence-electron chi connectivity index (χ3n) is 1.48. The van der Waals surface area contributed by atoms with E-state index in [-0.39, 0.29) is 0 Å². The van der Waals surface area contributed by atoms with E-state index in [4.69, 9.17) is 0 Å². The zero-order valence-electron chi connectivity index (χ0n) is 5.40. The van der Waals surface area contributed by atoms with Crippen molar-refractivity contribution >= 4 is 17.3 Å². The Labute approximate surface area is 64.2 Å². The van der Waals surface area contributed by atoms with Crippen LogP contribution in [0.3, 0.4) is 0 Å². The van der Waals surface area contributed by atoms with Gasteiger partial charge >= 0.3 is 0 Å². The van der Waals surface area contributed by atoms with E-state index < -0.39 is 0 Å². The van der Waals surface area contributed by atoms with Gasteiger partial charge in [0.2, 0.25) is 0 Å². The van der Waals surface area contributed by atoms with Crippen molar-refractivity contribution in [1.29, 1.82) is 0 Å². The van der Waals surface area contributed by atoms with Gasteiger partial charge in [0.25, 0.3) is 0 Å². The first-order valence-electron chi connectivity index (χ1n) is 3.20. The van der Waals surface area contributed by atoms with Crippen molar-refractivity contribution in [2.24, 2.45) is 4.99 Å². The first-order valence-corrected chi connectivity index (χ1v) is 4.14. The van der Waals surface area contributed by atoms with Crippen LogP contribution in [0.1, 0.15) is 0 Å². The summed E-state index contributed by atoms with van der Waals surface area (Å²) in [5.74, 6) is 0. The number of rotatable bonds is 0. The van der Waals surface area contributed by atoms with E-state index in [1.165, 1.54) is 0 Å². The molecule has 2 rings (SSSR count). The van der Waals surface area contributed by atoms with Gasteiger partial charge in [-0.25, -0.2) is 0 Å². The lowest BCUT2D eigenvalue weighted by Gasteiger charge is -1.99. The average Bonchev–Trinajstić information content (AvgIpc) is 2.28. The SMILES string of the molecule is C1=CC=C2N=CSC2C=C1. The third-order valence-corrected chi connectivity index (χ3v) is 2.39. The minimum atomic E-state index is 0.468. The van der Waals surface area contributed by atoms with Crippen LogP contribution in [0.4, 0.5) is 0 Å². The zero-order valence-corrected chi connectivity index (χ0v) is 6.21. The van der Waals surface area contributed by atoms with E-state index in [1.807, 2.05) is 17.7 Å². The van der Waals surface area contributed by atoms with Crippen LogP contribution in [0.25, 0.3) is 0 Å². The van der Waals surface area contributed by atoms with Crippen LogP contribution < -0.4 is 0 Å². The number of fused-ring (bicyclic) bond motifs is 1. The molecule has 2 heteroatoms. The van der Waals surface area contributed by atoms with Crippen molar-refractivity contribution in [3.63, 3.8) is 0 Å². The highest BCUT2D eigenvalue weighted by molar-refractivity contribution is 8.13. The molecule has 50 valence electrons. The van der Waals surface area contributed by atoms with Gasteiger partial charge in [0.1, 0.15) is 0 Å². The Morgan fingerprint density at radius 3 is 3.30 bits per heavy atom. The van der Waals surface area contributed by atoms with E-state index >= 15 is 0 Å². The second-order valence-electron chi connectivity index (χ2n) is 2.15. The number of thioether (sulfide) groups is 1. The van der Waals surface area contributed by atoms with Gasteiger partial charge in [-0.2, -0.15) is 0 Å². The Morgan fingerprint density at radius 1 is 1.30 bits per heavy atom. The molecule has 10 heavy (non-hydrogen) atoms. The van der Waals surface area contributed by atoms with Crippen molar-refractivity contribution in [3.05, 3.63) is 36.1 Å². The van der Waals surface area contributed by atoms with Crippen LogP contribution in [-0.2, 0) is 0 Å². The number of hydrogen-bond acceptors (Lipinski definition) is 2. The van der Waals surface area contributed by atoms with E-state index in [0.29, 0.717) is 5.25 Å². The Kier molecular flexibility index (Phi) is 1.47. The number of allylic oxidation sites excluding steroid dienone is 4. The Morgan fingerprint density at radius 2 is 2.30 bits per heavy atom. The van der Waals surface area contributed by atoms with E-state index in [0.717, 1.165) is 5.70 Å². The molecule has 0 saturated heterocycles. The fraction of sp³-hybridized carbons (Fsp3) is 0.125. The lowest BCUT2D eigenvalue weighted by Crippen LogP contribution is -1.93. The molecular formula is C8H7NS. The molecule has 1 nitrogen and oxygen atoms in total. The fourth-order valence-corrected chi connectivity index (χ4v) is 1.74. The first-order chi connectivity index (χ1) is 4.97. The van der Waals surface area contributed by atoms with Gasteiger partial charge < -0.3 is 0 Å². The molecule has 1 aliphatic heterocycles. The normalized spacial score (nSPS) is 28.0. The predicted octanol–water partition coefficient (Wildman–Crippen LogP) is 2.14. The van der Waals surface area contributed by atoms with Crippen molar-refractivity contribution in [2.45, 2.75) is 5.25 Å². The Bertz CT molecular complexity index is 248. The number of aliphatic imine (C=N–C) groups is 1. The zero-order chi connectivity index (χ0) is 6.81. The number of hydrogen-bond donors (Lipinski definition) is 0. The second-order valence-corrected chi connectivity index (χ2v) is 3.14. The van der Waals surface area contributed by atoms with Gasteiger partial charge in [0.15, 0.2) is 0 Å². The number of nitrogens with zero attached hydrogens (tertiary/aromatic N) is 1. The molecule has 0 aromatic carbocycles. The summed E-state index contributed by atoms with van der Waals surface area (Å²) < 4.78 is 0. The molecule has 0 amide bonds. The molecule has 0 fully saturated rings. The lowest BCUT2D eigenvalue weighted by molar-refractivity contribution is 1.22. The molecule has 1 atom stereocenters. The maximum Gasteiger partial charge on any atom is 0.0709 e. The summed E-state index contributed by atoms with van der Waals surface area (Å²) in [6.07, 6.45) is 10.3. The quantitative estimate of drug-likeness (QED) is 0.514. The van der Waals surface area contributed by atoms with Gasteiger partial charge in [-0.05, 0) is 6.08 Å². The molecule has 0 bridgehead atoms. The average molecular weight is 149 g/mol. The van der Waals surface area contributed by atoms with Crippen LogP contribution in [0.5, 0.6) is 0 Å². The summed E-state index contributed by atoms with van der Waals surface area (Å²) in [6, 6.07) is 0. The highest BCUT2D eigenvalue weighted by Crippen LogP contribution is 2.27. The largest absolute Gasteiger partial charge is 0.253 e. The summed E-state index contributed by atoms with van der Waals surface area (Å²) in [5, 5.41) is 0.468. The third kappa shape index (κ3) is 0.948. The Balaban J connectivity index is 2.36. The van der Waals surface area contributed by atoms with E-state index in [9.17, 15) is 0 Å². The molecule has 1 heterocycles. The standard InChI is InChI=1S/C8H7NS/c1-2-4-7-8(5-3-1)10-6-9-7/h1-6,8H. The minimum absolute atomic E-state index is 0.468. The van der Waals surface area contributed by atoms with Crippen molar-refractivity contribution in [3.8, 4) is 0 Å². The van der Waals surface area contributed by atoms with Crippen molar-refractivity contribution in [2.75, 3.05) is 0 Å². The summed E-state index contributed by atoms with van der Waals surface area (Å²) in [7, 11) is 0. The topological polar surface area (TPSA) is 12.4 Å². The summed E-state index contributed by atoms with van der Waals surface area (Å²) in [6.45, 7) is 0. The van der Waals surface area contributed by atoms with Gasteiger partial charge in [0.05, 0.1) is 16.5 Å². The molecule has 0 aromatic heterocycles. The molecule has 0 spiro atoms. The van der Waals surface area contributed by atoms with Crippen LogP contribution in [0.15, 0.2) is 41.1 Å². The van der Waals surface area contributed by atoms with Gasteiger partial charge in [-0.1, -0.05) is 24.3 Å². The maximum atomic E-state index is 4.21. The van der Waals surface area contributed by atoms with E-state index in [2.05, 4.69) is 23.2 Å². The molecule has 1 aliphatic carbocycles. The monoisotopic (exact) mass is 149 g/mol. The van der Waals surface area contributed by atoms with Crippen molar-refractivity contribution in [1.82, 2.24) is 0 Å². The Hall–Kier alpha value is -0.760. The van der Waals surface area contributed by atoms with Gasteiger partial charge in [-0.3, -0.25) is 4.99 Å².